The molecule has 0 saturated heterocycles. The molecule has 2 N–H and O–H groups in total. The van der Waals surface area contributed by atoms with Crippen LogP contribution in [0.25, 0.3) is 0 Å². The summed E-state index contributed by atoms with van der Waals surface area (Å²) in [6, 6.07) is 18.0. The molecule has 6 nitrogen and oxygen atoms in total. The first-order valence-electron chi connectivity index (χ1n) is 9.52. The highest BCUT2D eigenvalue weighted by molar-refractivity contribution is 7.43. The van der Waals surface area contributed by atoms with Crippen LogP contribution in [0.15, 0.2) is 60.3 Å². The van der Waals surface area contributed by atoms with Gasteiger partial charge < -0.3 is 19.6 Å². The Kier molecular flexibility index (Phi) is 5.84. The van der Waals surface area contributed by atoms with Gasteiger partial charge in [0.05, 0.1) is 0 Å². The van der Waals surface area contributed by atoms with Crippen molar-refractivity contribution in [2.24, 2.45) is 0 Å². The van der Waals surface area contributed by atoms with Gasteiger partial charge in [0, 0.05) is 48.0 Å². The average molecular weight is 414 g/mol. The molecule has 0 radical (unpaired) electrons. The average Bonchev–Trinajstić information content (AvgIpc) is 3.04. The molecule has 0 fully saturated rings. The van der Waals surface area contributed by atoms with Gasteiger partial charge in [0.25, 0.3) is 7.82 Å². The lowest BCUT2D eigenvalue weighted by Gasteiger charge is -2.23. The lowest BCUT2D eigenvalue weighted by molar-refractivity contribution is -0.463. The van der Waals surface area contributed by atoms with E-state index in [2.05, 4.69) is 98.1 Å². The van der Waals surface area contributed by atoms with E-state index in [-0.39, 0.29) is 5.41 Å². The van der Waals surface area contributed by atoms with Crippen LogP contribution in [0.4, 0.5) is 11.4 Å². The van der Waals surface area contributed by atoms with Gasteiger partial charge in [-0.15, -0.1) is 0 Å². The van der Waals surface area contributed by atoms with Gasteiger partial charge in [-0.05, 0) is 18.6 Å². The molecular formula is C22H27N2O4P. The van der Waals surface area contributed by atoms with Crippen molar-refractivity contribution < 1.29 is 23.8 Å². The normalized spacial score (nSPS) is 22.3. The van der Waals surface area contributed by atoms with Crippen LogP contribution in [-0.4, -0.2) is 33.7 Å². The zero-order valence-corrected chi connectivity index (χ0v) is 18.0. The molecule has 29 heavy (non-hydrogen) atoms. The molecule has 0 spiro atoms. The van der Waals surface area contributed by atoms with Gasteiger partial charge >= 0.3 is 0 Å². The van der Waals surface area contributed by atoms with Gasteiger partial charge in [0.1, 0.15) is 0 Å². The summed E-state index contributed by atoms with van der Waals surface area (Å²) in [5.74, 6) is 0. The number of allylic oxidation sites excluding steroid dienone is 2. The van der Waals surface area contributed by atoms with E-state index in [1.165, 1.54) is 28.2 Å². The summed E-state index contributed by atoms with van der Waals surface area (Å²) in [5.41, 5.74) is 6.89. The lowest BCUT2D eigenvalue weighted by Crippen LogP contribution is -2.24. The zero-order chi connectivity index (χ0) is 21.4. The smallest absolute Gasteiger partial charge is 0.262 e. The van der Waals surface area contributed by atoms with Crippen LogP contribution in [0.2, 0.25) is 0 Å². The van der Waals surface area contributed by atoms with Crippen molar-refractivity contribution in [1.29, 1.82) is 0 Å². The van der Waals surface area contributed by atoms with Crippen molar-refractivity contribution in [3.63, 3.8) is 0 Å². The monoisotopic (exact) mass is 414 g/mol. The second kappa shape index (κ2) is 7.88. The molecule has 0 bridgehead atoms. The molecule has 2 aromatic rings. The first kappa shape index (κ1) is 21.5. The van der Waals surface area contributed by atoms with Crippen LogP contribution < -0.4 is 9.79 Å². The van der Waals surface area contributed by atoms with Gasteiger partial charge in [-0.25, -0.2) is 0 Å². The fourth-order valence-corrected chi connectivity index (χ4v) is 4.27. The molecule has 2 heterocycles. The Morgan fingerprint density at radius 2 is 1.76 bits per heavy atom. The van der Waals surface area contributed by atoms with Crippen LogP contribution in [-0.2, 0) is 16.4 Å². The van der Waals surface area contributed by atoms with Crippen molar-refractivity contribution >= 4 is 25.4 Å². The molecule has 2 aromatic carbocycles. The fourth-order valence-electron chi connectivity index (χ4n) is 4.27. The molecule has 0 aromatic heterocycles. The highest BCUT2D eigenvalue weighted by atomic mass is 31.2. The van der Waals surface area contributed by atoms with Gasteiger partial charge in [-0.3, -0.25) is 4.57 Å². The summed E-state index contributed by atoms with van der Waals surface area (Å²) >= 11 is 0. The number of nitrogens with zero attached hydrogens (tertiary/aromatic N) is 2. The van der Waals surface area contributed by atoms with Crippen LogP contribution in [0.1, 0.15) is 31.9 Å². The number of likely N-dealkylation sites (N-methyl/N-ethyl adjacent to an activating group) is 1. The summed E-state index contributed by atoms with van der Waals surface area (Å²) in [7, 11) is -2.71. The predicted octanol–water partition coefficient (Wildman–Crippen LogP) is 3.10. The van der Waals surface area contributed by atoms with Gasteiger partial charge in [-0.2, -0.15) is 4.58 Å². The van der Waals surface area contributed by atoms with Crippen LogP contribution in [0.5, 0.6) is 0 Å². The summed E-state index contributed by atoms with van der Waals surface area (Å²) < 4.78 is 11.2. The third-order valence-electron chi connectivity index (χ3n) is 5.59. The highest BCUT2D eigenvalue weighted by Crippen LogP contribution is 2.46. The Morgan fingerprint density at radius 1 is 1.17 bits per heavy atom. The number of hydrogen-bond acceptors (Lipinski definition) is 3. The molecule has 1 atom stereocenters. The second-order valence-corrected chi connectivity index (χ2v) is 8.96. The summed E-state index contributed by atoms with van der Waals surface area (Å²) in [5, 5.41) is 0. The van der Waals surface area contributed by atoms with Crippen molar-refractivity contribution in [2.75, 3.05) is 11.9 Å². The van der Waals surface area contributed by atoms with Gasteiger partial charge in [0.2, 0.25) is 5.69 Å². The van der Waals surface area contributed by atoms with Crippen molar-refractivity contribution in [1.82, 2.24) is 0 Å². The molecule has 0 aliphatic carbocycles. The Morgan fingerprint density at radius 3 is 2.41 bits per heavy atom. The quantitative estimate of drug-likeness (QED) is 0.553. The van der Waals surface area contributed by atoms with Crippen LogP contribution in [0.3, 0.4) is 0 Å². The highest BCUT2D eigenvalue weighted by Gasteiger charge is 2.38. The second-order valence-electron chi connectivity index (χ2n) is 7.98. The topological polar surface area (TPSA) is 86.8 Å². The maximum atomic E-state index is 8.77. The number of benzene rings is 2. The predicted molar refractivity (Wildman–Crippen MR) is 114 cm³/mol. The van der Waals surface area contributed by atoms with Crippen molar-refractivity contribution in [3.05, 3.63) is 71.4 Å². The van der Waals surface area contributed by atoms with E-state index in [9.17, 15) is 0 Å². The fraction of sp³-hybridized carbons (Fsp3) is 0.318. The molecule has 0 saturated carbocycles. The zero-order valence-electron chi connectivity index (χ0n) is 17.1. The number of rotatable bonds is 1. The standard InChI is InChI=1S/C22H25N2.H3O4P/c1-16-15-17-9-5-7-11-19(17)24(16)14-13-21-22(2,3)18-10-6-8-12-20(18)23(21)4;1-5(2,3)4/h5-14,16H,15H2,1-4H3;(H3,1,2,3,4)/q+1;/p-1. The minimum atomic E-state index is -4.89. The number of para-hydroxylation sites is 2. The third-order valence-corrected chi connectivity index (χ3v) is 5.59. The van der Waals surface area contributed by atoms with E-state index in [4.69, 9.17) is 19.2 Å². The molecule has 0 amide bonds. The molecule has 2 aliphatic heterocycles. The summed E-state index contributed by atoms with van der Waals surface area (Å²) in [6.07, 6.45) is 5.70. The Balaban J connectivity index is 0.000000431. The molecule has 1 unspecified atom stereocenters. The molecular weight excluding hydrogens is 387 g/mol. The minimum Gasteiger partial charge on any atom is -0.756 e. The molecule has 2 aliphatic rings. The van der Waals surface area contributed by atoms with E-state index in [1.807, 2.05) is 0 Å². The Bertz CT molecular complexity index is 1010. The molecule has 7 heteroatoms. The van der Waals surface area contributed by atoms with Crippen molar-refractivity contribution in [2.45, 2.75) is 38.6 Å². The minimum absolute atomic E-state index is 0.0321. The summed E-state index contributed by atoms with van der Waals surface area (Å²) in [6.45, 7) is 6.93. The largest absolute Gasteiger partial charge is 0.756 e. The van der Waals surface area contributed by atoms with E-state index in [0.717, 1.165) is 6.42 Å². The van der Waals surface area contributed by atoms with Crippen molar-refractivity contribution in [3.8, 4) is 0 Å². The molecule has 4 rings (SSSR count). The van der Waals surface area contributed by atoms with E-state index < -0.39 is 7.82 Å². The third kappa shape index (κ3) is 4.51. The lowest BCUT2D eigenvalue weighted by atomic mass is 9.84. The van der Waals surface area contributed by atoms with Crippen LogP contribution in [0, 0.1) is 0 Å². The van der Waals surface area contributed by atoms with E-state index in [0.29, 0.717) is 6.04 Å². The number of phosphoric acid groups is 1. The Hall–Kier alpha value is -2.24. The summed E-state index contributed by atoms with van der Waals surface area (Å²) in [4.78, 5) is 25.3. The van der Waals surface area contributed by atoms with Gasteiger partial charge in [-0.1, -0.05) is 50.2 Å². The van der Waals surface area contributed by atoms with E-state index in [1.54, 1.807) is 0 Å². The van der Waals surface area contributed by atoms with Crippen LogP contribution >= 0.6 is 7.82 Å². The Labute approximate surface area is 171 Å². The maximum absolute atomic E-state index is 8.77. The number of fused-ring (bicyclic) bond motifs is 2. The molecule has 154 valence electrons. The number of hydrogen-bond donors (Lipinski definition) is 2. The van der Waals surface area contributed by atoms with E-state index >= 15 is 0 Å². The first-order valence-corrected chi connectivity index (χ1v) is 11.0. The SMILES string of the molecule is CC1Cc2ccccc2[N+]1=C/C=C1/N(C)c2ccccc2C1(C)C.O=P([O-])(O)O. The first-order chi connectivity index (χ1) is 13.5. The maximum Gasteiger partial charge on any atom is 0.262 e. The van der Waals surface area contributed by atoms with Gasteiger partial charge in [0.15, 0.2) is 12.3 Å². The number of anilines is 1.